The highest BCUT2D eigenvalue weighted by molar-refractivity contribution is 5.83. The molecule has 0 aliphatic heterocycles. The summed E-state index contributed by atoms with van der Waals surface area (Å²) in [6.07, 6.45) is 9.65. The van der Waals surface area contributed by atoms with E-state index in [-0.39, 0.29) is 5.97 Å². The lowest BCUT2D eigenvalue weighted by atomic mass is 9.89. The second-order valence-electron chi connectivity index (χ2n) is 8.35. The molecule has 0 N–H and O–H groups in total. The van der Waals surface area contributed by atoms with Gasteiger partial charge in [0.2, 0.25) is 0 Å². The molecule has 0 unspecified atom stereocenters. The number of hydrogen-bond acceptors (Lipinski definition) is 3. The second-order valence-corrected chi connectivity index (χ2v) is 8.35. The number of carbonyl (C=O) groups is 1. The van der Waals surface area contributed by atoms with Crippen LogP contribution < -0.4 is 4.74 Å². The maximum atomic E-state index is 11.6. The zero-order chi connectivity index (χ0) is 22.7. The van der Waals surface area contributed by atoms with Crippen molar-refractivity contribution >= 4 is 11.5 Å². The number of ether oxygens (including phenoxy) is 2. The first-order valence-corrected chi connectivity index (χ1v) is 11.2. The van der Waals surface area contributed by atoms with E-state index < -0.39 is 0 Å². The van der Waals surface area contributed by atoms with Gasteiger partial charge >= 0.3 is 5.97 Å². The van der Waals surface area contributed by atoms with E-state index in [2.05, 4.69) is 59.8 Å². The largest absolute Gasteiger partial charge is 0.493 e. The summed E-state index contributed by atoms with van der Waals surface area (Å²) in [5, 5.41) is 0. The predicted octanol–water partition coefficient (Wildman–Crippen LogP) is 7.58. The molecule has 0 spiro atoms. The van der Waals surface area contributed by atoms with E-state index in [4.69, 9.17) is 9.47 Å². The number of rotatable bonds is 11. The molecule has 0 aliphatic rings. The van der Waals surface area contributed by atoms with Crippen LogP contribution in [-0.4, -0.2) is 19.2 Å². The standard InChI is InChI=1S/C27H40O3/c1-9-11-15-30-27-24(20(5)6)17-23(19(3)4)18-25(27)22(8)14-12-13-21(7)16-26(28)29-10-2/h12-14,16-20H,9-11,15H2,1-8H3/b13-12+,21-16+,22-14-. The highest BCUT2D eigenvalue weighted by Crippen LogP contribution is 2.37. The lowest BCUT2D eigenvalue weighted by Gasteiger charge is -2.21. The number of esters is 1. The molecule has 1 aromatic carbocycles. The second kappa shape index (κ2) is 13.1. The van der Waals surface area contributed by atoms with E-state index in [0.29, 0.717) is 18.4 Å². The van der Waals surface area contributed by atoms with E-state index in [9.17, 15) is 4.79 Å². The molecule has 3 nitrogen and oxygen atoms in total. The fraction of sp³-hybridized carbons (Fsp3) is 0.519. The van der Waals surface area contributed by atoms with Crippen molar-refractivity contribution in [2.45, 2.75) is 80.1 Å². The Morgan fingerprint density at radius 2 is 1.77 bits per heavy atom. The zero-order valence-corrected chi connectivity index (χ0v) is 20.2. The van der Waals surface area contributed by atoms with Gasteiger partial charge < -0.3 is 9.47 Å². The molecule has 0 amide bonds. The Kier molecular flexibility index (Phi) is 11.2. The van der Waals surface area contributed by atoms with Crippen LogP contribution in [0.1, 0.15) is 96.8 Å². The normalized spacial score (nSPS) is 12.9. The lowest BCUT2D eigenvalue weighted by molar-refractivity contribution is -0.137. The average Bonchev–Trinajstić information content (AvgIpc) is 2.67. The average molecular weight is 413 g/mol. The number of hydrogen-bond donors (Lipinski definition) is 0. The Morgan fingerprint density at radius 1 is 1.07 bits per heavy atom. The molecule has 0 saturated heterocycles. The third kappa shape index (κ3) is 8.22. The molecule has 0 fully saturated rings. The number of unbranched alkanes of at least 4 members (excludes halogenated alkanes) is 1. The third-order valence-corrected chi connectivity index (χ3v) is 4.94. The van der Waals surface area contributed by atoms with Crippen molar-refractivity contribution in [1.29, 1.82) is 0 Å². The summed E-state index contributed by atoms with van der Waals surface area (Å²) in [4.78, 5) is 11.6. The number of allylic oxidation sites excluding steroid dienone is 5. The van der Waals surface area contributed by atoms with E-state index in [1.807, 2.05) is 19.1 Å². The van der Waals surface area contributed by atoms with Crippen LogP contribution in [0.3, 0.4) is 0 Å². The van der Waals surface area contributed by atoms with Crippen LogP contribution in [0.15, 0.2) is 42.0 Å². The molecular weight excluding hydrogens is 372 g/mol. The minimum absolute atomic E-state index is 0.307. The third-order valence-electron chi connectivity index (χ3n) is 4.94. The molecule has 0 saturated carbocycles. The van der Waals surface area contributed by atoms with Crippen LogP contribution in [0.2, 0.25) is 0 Å². The van der Waals surface area contributed by atoms with E-state index >= 15 is 0 Å². The maximum absolute atomic E-state index is 11.6. The molecule has 0 aromatic heterocycles. The monoisotopic (exact) mass is 412 g/mol. The van der Waals surface area contributed by atoms with Crippen molar-refractivity contribution in [1.82, 2.24) is 0 Å². The van der Waals surface area contributed by atoms with Crippen molar-refractivity contribution in [3.05, 3.63) is 58.7 Å². The minimum Gasteiger partial charge on any atom is -0.493 e. The van der Waals surface area contributed by atoms with Gasteiger partial charge in [-0.15, -0.1) is 0 Å². The summed E-state index contributed by atoms with van der Waals surface area (Å²) in [7, 11) is 0. The SMILES string of the molecule is CCCCOc1c(\C(C)=C/C=C/C(C)=C/C(=O)OCC)cc(C(C)C)cc1C(C)C. The summed E-state index contributed by atoms with van der Waals surface area (Å²) >= 11 is 0. The van der Waals surface area contributed by atoms with Gasteiger partial charge in [0.1, 0.15) is 5.75 Å². The van der Waals surface area contributed by atoms with Crippen molar-refractivity contribution in [3.63, 3.8) is 0 Å². The lowest BCUT2D eigenvalue weighted by Crippen LogP contribution is -2.06. The summed E-state index contributed by atoms with van der Waals surface area (Å²) in [6.45, 7) is 18.0. The number of carbonyl (C=O) groups excluding carboxylic acids is 1. The molecule has 1 rings (SSSR count). The smallest absolute Gasteiger partial charge is 0.330 e. The molecule has 1 aromatic rings. The Hall–Kier alpha value is -2.29. The van der Waals surface area contributed by atoms with Gasteiger partial charge in [0, 0.05) is 11.6 Å². The molecule has 0 radical (unpaired) electrons. The number of benzene rings is 1. The van der Waals surface area contributed by atoms with E-state index in [1.54, 1.807) is 6.92 Å². The van der Waals surface area contributed by atoms with Gasteiger partial charge in [-0.3, -0.25) is 0 Å². The molecule has 30 heavy (non-hydrogen) atoms. The molecule has 0 bridgehead atoms. The van der Waals surface area contributed by atoms with Gasteiger partial charge in [0.25, 0.3) is 0 Å². The van der Waals surface area contributed by atoms with E-state index in [0.717, 1.165) is 41.9 Å². The first-order chi connectivity index (χ1) is 14.2. The molecule has 3 heteroatoms. The van der Waals surface area contributed by atoms with Gasteiger partial charge in [-0.05, 0) is 67.4 Å². The van der Waals surface area contributed by atoms with Crippen LogP contribution in [0.25, 0.3) is 5.57 Å². The molecule has 0 heterocycles. The Labute approximate surface area is 183 Å². The summed E-state index contributed by atoms with van der Waals surface area (Å²) in [6, 6.07) is 4.56. The fourth-order valence-electron chi connectivity index (χ4n) is 3.06. The minimum atomic E-state index is -0.307. The van der Waals surface area contributed by atoms with Crippen LogP contribution in [-0.2, 0) is 9.53 Å². The summed E-state index contributed by atoms with van der Waals surface area (Å²) in [5.74, 6) is 1.53. The Morgan fingerprint density at radius 3 is 2.33 bits per heavy atom. The Balaban J connectivity index is 3.32. The molecule has 0 atom stereocenters. The van der Waals surface area contributed by atoms with Crippen LogP contribution in [0.5, 0.6) is 5.75 Å². The predicted molar refractivity (Wildman–Crippen MR) is 128 cm³/mol. The first kappa shape index (κ1) is 25.7. The highest BCUT2D eigenvalue weighted by Gasteiger charge is 2.17. The van der Waals surface area contributed by atoms with Crippen molar-refractivity contribution in [2.24, 2.45) is 0 Å². The first-order valence-electron chi connectivity index (χ1n) is 11.2. The van der Waals surface area contributed by atoms with E-state index in [1.165, 1.54) is 17.2 Å². The van der Waals surface area contributed by atoms with Gasteiger partial charge in [0.05, 0.1) is 13.2 Å². The topological polar surface area (TPSA) is 35.5 Å². The van der Waals surface area contributed by atoms with Crippen LogP contribution in [0, 0.1) is 0 Å². The van der Waals surface area contributed by atoms with Gasteiger partial charge in [-0.25, -0.2) is 4.79 Å². The summed E-state index contributed by atoms with van der Waals surface area (Å²) < 4.78 is 11.3. The van der Waals surface area contributed by atoms with Crippen LogP contribution >= 0.6 is 0 Å². The van der Waals surface area contributed by atoms with Crippen molar-refractivity contribution < 1.29 is 14.3 Å². The highest BCUT2D eigenvalue weighted by atomic mass is 16.5. The molecule has 0 aliphatic carbocycles. The molecular formula is C27H40O3. The Bertz CT molecular complexity index is 780. The summed E-state index contributed by atoms with van der Waals surface area (Å²) in [5.41, 5.74) is 5.74. The van der Waals surface area contributed by atoms with Gasteiger partial charge in [0.15, 0.2) is 0 Å². The van der Waals surface area contributed by atoms with Gasteiger partial charge in [-0.2, -0.15) is 0 Å². The van der Waals surface area contributed by atoms with Gasteiger partial charge in [-0.1, -0.05) is 65.3 Å². The zero-order valence-electron chi connectivity index (χ0n) is 20.2. The molecule has 166 valence electrons. The van der Waals surface area contributed by atoms with Crippen LogP contribution in [0.4, 0.5) is 0 Å². The van der Waals surface area contributed by atoms with Crippen molar-refractivity contribution in [3.8, 4) is 5.75 Å². The fourth-order valence-corrected chi connectivity index (χ4v) is 3.06. The maximum Gasteiger partial charge on any atom is 0.330 e. The van der Waals surface area contributed by atoms with Crippen molar-refractivity contribution in [2.75, 3.05) is 13.2 Å². The quantitative estimate of drug-likeness (QED) is 0.163.